The fourth-order valence-electron chi connectivity index (χ4n) is 0.929. The van der Waals surface area contributed by atoms with E-state index in [4.69, 9.17) is 27.9 Å². The van der Waals surface area contributed by atoms with Gasteiger partial charge in [-0.15, -0.1) is 11.6 Å². The van der Waals surface area contributed by atoms with Crippen LogP contribution in [0.2, 0.25) is 5.02 Å². The summed E-state index contributed by atoms with van der Waals surface area (Å²) in [5, 5.41) is -0.101. The third-order valence-corrected chi connectivity index (χ3v) is 2.29. The molecule has 0 unspecified atom stereocenters. The van der Waals surface area contributed by atoms with Crippen LogP contribution in [0.5, 0.6) is 5.88 Å². The molecule has 6 heteroatoms. The van der Waals surface area contributed by atoms with Crippen LogP contribution in [0, 0.1) is 0 Å². The van der Waals surface area contributed by atoms with E-state index < -0.39 is 6.43 Å². The van der Waals surface area contributed by atoms with Crippen molar-refractivity contribution >= 4 is 23.2 Å². The van der Waals surface area contributed by atoms with Crippen LogP contribution in [0.4, 0.5) is 8.78 Å². The van der Waals surface area contributed by atoms with Gasteiger partial charge in [-0.1, -0.05) is 11.6 Å². The SMILES string of the molecule is COc1cc(C(F)F)c(Cl)c(CCl)n1. The minimum atomic E-state index is -2.67. The number of halogens is 4. The Labute approximate surface area is 89.8 Å². The number of pyridine rings is 1. The zero-order valence-corrected chi connectivity index (χ0v) is 8.74. The van der Waals surface area contributed by atoms with Crippen molar-refractivity contribution in [2.24, 2.45) is 0 Å². The third kappa shape index (κ3) is 2.25. The van der Waals surface area contributed by atoms with Crippen molar-refractivity contribution in [3.63, 3.8) is 0 Å². The molecule has 1 rings (SSSR count). The van der Waals surface area contributed by atoms with Gasteiger partial charge in [0.15, 0.2) is 0 Å². The second-order valence-electron chi connectivity index (χ2n) is 2.45. The fraction of sp³-hybridized carbons (Fsp3) is 0.375. The molecular formula is C8H7Cl2F2NO. The normalized spacial score (nSPS) is 10.7. The highest BCUT2D eigenvalue weighted by Gasteiger charge is 2.17. The topological polar surface area (TPSA) is 22.1 Å². The predicted molar refractivity (Wildman–Crippen MR) is 50.3 cm³/mol. The first-order chi connectivity index (χ1) is 6.60. The first kappa shape index (κ1) is 11.5. The average molecular weight is 242 g/mol. The van der Waals surface area contributed by atoms with E-state index in [1.54, 1.807) is 0 Å². The lowest BCUT2D eigenvalue weighted by Gasteiger charge is -2.08. The van der Waals surface area contributed by atoms with Gasteiger partial charge in [0.25, 0.3) is 6.43 Å². The van der Waals surface area contributed by atoms with E-state index in [0.717, 1.165) is 6.07 Å². The Morgan fingerprint density at radius 2 is 2.21 bits per heavy atom. The van der Waals surface area contributed by atoms with E-state index in [1.807, 2.05) is 0 Å². The summed E-state index contributed by atoms with van der Waals surface area (Å²) in [7, 11) is 1.34. The van der Waals surface area contributed by atoms with E-state index in [1.165, 1.54) is 7.11 Å². The van der Waals surface area contributed by atoms with Crippen molar-refractivity contribution in [2.75, 3.05) is 7.11 Å². The van der Waals surface area contributed by atoms with Gasteiger partial charge in [-0.3, -0.25) is 0 Å². The summed E-state index contributed by atoms with van der Waals surface area (Å²) in [5.74, 6) is 0.0517. The van der Waals surface area contributed by atoms with Crippen LogP contribution in [-0.4, -0.2) is 12.1 Å². The van der Waals surface area contributed by atoms with Gasteiger partial charge in [0.1, 0.15) is 0 Å². The van der Waals surface area contributed by atoms with Crippen molar-refractivity contribution in [2.45, 2.75) is 12.3 Å². The van der Waals surface area contributed by atoms with Crippen LogP contribution in [0.15, 0.2) is 6.07 Å². The summed E-state index contributed by atoms with van der Waals surface area (Å²) in [6.45, 7) is 0. The maximum atomic E-state index is 12.4. The Morgan fingerprint density at radius 1 is 1.57 bits per heavy atom. The Hall–Kier alpha value is -0.610. The van der Waals surface area contributed by atoms with Gasteiger partial charge in [0.05, 0.1) is 23.7 Å². The molecule has 0 N–H and O–H groups in total. The van der Waals surface area contributed by atoms with E-state index in [2.05, 4.69) is 4.98 Å². The number of alkyl halides is 3. The van der Waals surface area contributed by atoms with E-state index in [-0.39, 0.29) is 28.0 Å². The van der Waals surface area contributed by atoms with Crippen LogP contribution in [0.3, 0.4) is 0 Å². The zero-order chi connectivity index (χ0) is 10.7. The van der Waals surface area contributed by atoms with Crippen molar-refractivity contribution in [1.82, 2.24) is 4.98 Å². The Balaban J connectivity index is 3.27. The van der Waals surface area contributed by atoms with Crippen molar-refractivity contribution in [1.29, 1.82) is 0 Å². The van der Waals surface area contributed by atoms with Gasteiger partial charge >= 0.3 is 0 Å². The first-order valence-corrected chi connectivity index (χ1v) is 4.58. The highest BCUT2D eigenvalue weighted by Crippen LogP contribution is 2.32. The lowest BCUT2D eigenvalue weighted by Crippen LogP contribution is -1.98. The minimum Gasteiger partial charge on any atom is -0.481 e. The summed E-state index contributed by atoms with van der Waals surface area (Å²) in [6, 6.07) is 1.10. The second-order valence-corrected chi connectivity index (χ2v) is 3.09. The monoisotopic (exact) mass is 241 g/mol. The number of hydrogen-bond acceptors (Lipinski definition) is 2. The predicted octanol–water partition coefficient (Wildman–Crippen LogP) is 3.42. The lowest BCUT2D eigenvalue weighted by atomic mass is 10.2. The summed E-state index contributed by atoms with van der Waals surface area (Å²) < 4.78 is 29.6. The van der Waals surface area contributed by atoms with Gasteiger partial charge in [-0.25, -0.2) is 13.8 Å². The van der Waals surface area contributed by atoms with E-state index >= 15 is 0 Å². The molecular weight excluding hydrogens is 235 g/mol. The molecule has 1 aromatic rings. The molecule has 14 heavy (non-hydrogen) atoms. The highest BCUT2D eigenvalue weighted by molar-refractivity contribution is 6.32. The first-order valence-electron chi connectivity index (χ1n) is 3.67. The van der Waals surface area contributed by atoms with Crippen LogP contribution in [-0.2, 0) is 5.88 Å². The second kappa shape index (κ2) is 4.75. The molecule has 0 saturated carbocycles. The molecule has 0 aliphatic rings. The summed E-state index contributed by atoms with van der Waals surface area (Å²) in [4.78, 5) is 3.83. The quantitative estimate of drug-likeness (QED) is 0.757. The number of methoxy groups -OCH3 is 1. The minimum absolute atomic E-state index is 0.0320. The summed E-state index contributed by atoms with van der Waals surface area (Å²) in [5.41, 5.74) is -0.114. The van der Waals surface area contributed by atoms with Crippen molar-refractivity contribution in [3.05, 3.63) is 22.3 Å². The number of rotatable bonds is 3. The fourth-order valence-corrected chi connectivity index (χ4v) is 1.44. The van der Waals surface area contributed by atoms with Crippen LogP contribution in [0.25, 0.3) is 0 Å². The molecule has 0 radical (unpaired) electrons. The summed E-state index contributed by atoms with van der Waals surface area (Å²) >= 11 is 11.1. The van der Waals surface area contributed by atoms with Gasteiger partial charge in [0, 0.05) is 11.6 Å². The molecule has 0 amide bonds. The smallest absolute Gasteiger partial charge is 0.265 e. The molecule has 0 saturated heterocycles. The molecule has 0 atom stereocenters. The van der Waals surface area contributed by atoms with Gasteiger partial charge < -0.3 is 4.74 Å². The Morgan fingerprint density at radius 3 is 2.64 bits per heavy atom. The maximum absolute atomic E-state index is 12.4. The van der Waals surface area contributed by atoms with Gasteiger partial charge in [-0.2, -0.15) is 0 Å². The molecule has 0 bridgehead atoms. The Bertz CT molecular complexity index is 333. The van der Waals surface area contributed by atoms with Crippen LogP contribution >= 0.6 is 23.2 Å². The third-order valence-electron chi connectivity index (χ3n) is 1.60. The van der Waals surface area contributed by atoms with Crippen molar-refractivity contribution < 1.29 is 13.5 Å². The molecule has 78 valence electrons. The van der Waals surface area contributed by atoms with E-state index in [9.17, 15) is 8.78 Å². The standard InChI is InChI=1S/C8H7Cl2F2NO/c1-14-6-2-4(8(11)12)7(10)5(3-9)13-6/h2,8H,3H2,1H3. The molecule has 0 aliphatic heterocycles. The molecule has 0 aromatic carbocycles. The zero-order valence-electron chi connectivity index (χ0n) is 7.23. The summed E-state index contributed by atoms with van der Waals surface area (Å²) in [6.07, 6.45) is -2.67. The molecule has 2 nitrogen and oxygen atoms in total. The molecule has 1 heterocycles. The van der Waals surface area contributed by atoms with E-state index in [0.29, 0.717) is 0 Å². The molecule has 1 aromatic heterocycles. The number of hydrogen-bond donors (Lipinski definition) is 0. The highest BCUT2D eigenvalue weighted by atomic mass is 35.5. The maximum Gasteiger partial charge on any atom is 0.265 e. The van der Waals surface area contributed by atoms with Gasteiger partial charge in [0.2, 0.25) is 5.88 Å². The Kier molecular flexibility index (Phi) is 3.89. The largest absolute Gasteiger partial charge is 0.481 e. The van der Waals surface area contributed by atoms with Crippen LogP contribution in [0.1, 0.15) is 17.7 Å². The van der Waals surface area contributed by atoms with Crippen LogP contribution < -0.4 is 4.74 Å². The average Bonchev–Trinajstić information content (AvgIpc) is 2.17. The number of aromatic nitrogens is 1. The molecule has 0 spiro atoms. The number of nitrogens with zero attached hydrogens (tertiary/aromatic N) is 1. The molecule has 0 aliphatic carbocycles. The van der Waals surface area contributed by atoms with Gasteiger partial charge in [-0.05, 0) is 0 Å². The lowest BCUT2D eigenvalue weighted by molar-refractivity contribution is 0.151. The number of ether oxygens (including phenoxy) is 1. The molecule has 0 fully saturated rings. The van der Waals surface area contributed by atoms with Crippen molar-refractivity contribution in [3.8, 4) is 5.88 Å².